The summed E-state index contributed by atoms with van der Waals surface area (Å²) in [7, 11) is 0. The summed E-state index contributed by atoms with van der Waals surface area (Å²) in [5.74, 6) is -0.470. The highest BCUT2D eigenvalue weighted by atomic mass is 32.1. The van der Waals surface area contributed by atoms with Crippen LogP contribution in [0.2, 0.25) is 0 Å². The lowest BCUT2D eigenvalue weighted by molar-refractivity contribution is -0.675. The maximum atomic E-state index is 12.0. The second-order valence-electron chi connectivity index (χ2n) is 5.08. The number of carbonyl (C=O) groups excluding carboxylic acids is 2. The molecule has 1 aromatic rings. The zero-order chi connectivity index (χ0) is 16.0. The predicted octanol–water partition coefficient (Wildman–Crippen LogP) is 1.84. The van der Waals surface area contributed by atoms with Gasteiger partial charge in [0.1, 0.15) is 5.00 Å². The molecular formula is C15H25N2O3S+. The van der Waals surface area contributed by atoms with E-state index in [2.05, 4.69) is 19.2 Å². The van der Waals surface area contributed by atoms with Crippen molar-refractivity contribution in [3.63, 3.8) is 0 Å². The number of rotatable bonds is 7. The molecule has 0 aromatic carbocycles. The Morgan fingerprint density at radius 3 is 2.57 bits per heavy atom. The molecule has 0 saturated heterocycles. The molecule has 21 heavy (non-hydrogen) atoms. The van der Waals surface area contributed by atoms with Gasteiger partial charge in [-0.3, -0.25) is 4.79 Å². The average molecular weight is 313 g/mol. The average Bonchev–Trinajstić information content (AvgIpc) is 2.71. The molecular weight excluding hydrogens is 288 g/mol. The largest absolute Gasteiger partial charge is 0.462 e. The van der Waals surface area contributed by atoms with Crippen LogP contribution in [0.3, 0.4) is 0 Å². The third-order valence-corrected chi connectivity index (χ3v) is 4.59. The summed E-state index contributed by atoms with van der Waals surface area (Å²) in [6, 6.07) is 0.409. The molecule has 0 unspecified atom stereocenters. The Bertz CT molecular complexity index is 511. The van der Waals surface area contributed by atoms with Crippen molar-refractivity contribution in [3.05, 3.63) is 16.0 Å². The number of hydrogen-bond donors (Lipinski definition) is 2. The van der Waals surface area contributed by atoms with E-state index in [-0.39, 0.29) is 11.9 Å². The summed E-state index contributed by atoms with van der Waals surface area (Å²) in [5, 5.41) is 5.42. The molecule has 1 heterocycles. The molecule has 0 bridgehead atoms. The fraction of sp³-hybridized carbons (Fsp3) is 0.600. The molecule has 0 radical (unpaired) electrons. The highest BCUT2D eigenvalue weighted by molar-refractivity contribution is 7.16. The molecule has 0 fully saturated rings. The number of ether oxygens (including phenoxy) is 1. The fourth-order valence-electron chi connectivity index (χ4n) is 1.82. The van der Waals surface area contributed by atoms with E-state index in [1.165, 1.54) is 11.3 Å². The van der Waals surface area contributed by atoms with Crippen LogP contribution in [0.25, 0.3) is 0 Å². The number of quaternary nitrogens is 1. The molecule has 0 saturated carbocycles. The minimum atomic E-state index is -0.374. The van der Waals surface area contributed by atoms with Crippen molar-refractivity contribution in [2.75, 3.05) is 18.5 Å². The monoisotopic (exact) mass is 313 g/mol. The van der Waals surface area contributed by atoms with Crippen LogP contribution in [0.4, 0.5) is 5.00 Å². The van der Waals surface area contributed by atoms with Crippen molar-refractivity contribution in [3.8, 4) is 0 Å². The Labute approximate surface area is 130 Å². The van der Waals surface area contributed by atoms with Crippen molar-refractivity contribution in [1.29, 1.82) is 0 Å². The Kier molecular flexibility index (Phi) is 6.84. The van der Waals surface area contributed by atoms with E-state index >= 15 is 0 Å². The predicted molar refractivity (Wildman–Crippen MR) is 84.9 cm³/mol. The normalized spacial score (nSPS) is 12.0. The molecule has 0 spiro atoms. The van der Waals surface area contributed by atoms with Gasteiger partial charge in [-0.15, -0.1) is 11.3 Å². The molecule has 118 valence electrons. The van der Waals surface area contributed by atoms with Crippen LogP contribution >= 0.6 is 11.3 Å². The zero-order valence-corrected chi connectivity index (χ0v) is 14.2. The van der Waals surface area contributed by atoms with Gasteiger partial charge in [0.25, 0.3) is 5.91 Å². The van der Waals surface area contributed by atoms with Gasteiger partial charge in [-0.25, -0.2) is 4.79 Å². The third-order valence-electron chi connectivity index (χ3n) is 3.47. The second-order valence-corrected chi connectivity index (χ2v) is 6.31. The summed E-state index contributed by atoms with van der Waals surface area (Å²) in [6.07, 6.45) is 1.01. The van der Waals surface area contributed by atoms with Crippen molar-refractivity contribution in [2.24, 2.45) is 0 Å². The number of nitrogens with one attached hydrogen (secondary N) is 1. The van der Waals surface area contributed by atoms with Gasteiger partial charge in [0.05, 0.1) is 18.2 Å². The standard InChI is InChI=1S/C15H24N2O3S/c1-6-9(3)16-8-12(18)17-14-13(15(19)20-7-2)10(4)11(5)21-14/h9,16H,6-8H2,1-5H3,(H,17,18)/p+1/t9-/m0/s1. The SMILES string of the molecule is CCOC(=O)c1c(NC(=O)C[NH2+][C@@H](C)CC)sc(C)c1C. The summed E-state index contributed by atoms with van der Waals surface area (Å²) < 4.78 is 5.07. The first kappa shape index (κ1) is 17.7. The van der Waals surface area contributed by atoms with Gasteiger partial charge in [-0.1, -0.05) is 6.92 Å². The van der Waals surface area contributed by atoms with Crippen molar-refractivity contribution in [2.45, 2.75) is 47.1 Å². The molecule has 1 rings (SSSR count). The van der Waals surface area contributed by atoms with Crippen LogP contribution < -0.4 is 10.6 Å². The number of esters is 1. The molecule has 6 heteroatoms. The smallest absolute Gasteiger partial charge is 0.341 e. The Balaban J connectivity index is 2.81. The van der Waals surface area contributed by atoms with Crippen LogP contribution in [-0.4, -0.2) is 31.1 Å². The lowest BCUT2D eigenvalue weighted by Gasteiger charge is -2.09. The third kappa shape index (κ3) is 4.82. The highest BCUT2D eigenvalue weighted by Gasteiger charge is 2.22. The van der Waals surface area contributed by atoms with Crippen LogP contribution in [0.1, 0.15) is 48.0 Å². The molecule has 1 aromatic heterocycles. The lowest BCUT2D eigenvalue weighted by Crippen LogP contribution is -2.90. The van der Waals surface area contributed by atoms with Crippen molar-refractivity contribution >= 4 is 28.2 Å². The van der Waals surface area contributed by atoms with Gasteiger partial charge in [0.15, 0.2) is 6.54 Å². The van der Waals surface area contributed by atoms with E-state index in [0.717, 1.165) is 16.9 Å². The van der Waals surface area contributed by atoms with Gasteiger partial charge in [0.2, 0.25) is 0 Å². The van der Waals surface area contributed by atoms with Gasteiger partial charge in [-0.2, -0.15) is 0 Å². The number of aryl methyl sites for hydroxylation is 1. The zero-order valence-electron chi connectivity index (χ0n) is 13.4. The van der Waals surface area contributed by atoms with Crippen LogP contribution in [0.15, 0.2) is 0 Å². The van der Waals surface area contributed by atoms with E-state index < -0.39 is 0 Å². The number of nitrogens with two attached hydrogens (primary N) is 1. The van der Waals surface area contributed by atoms with Crippen molar-refractivity contribution in [1.82, 2.24) is 0 Å². The first-order valence-electron chi connectivity index (χ1n) is 7.30. The van der Waals surface area contributed by atoms with E-state index in [1.54, 1.807) is 6.92 Å². The maximum absolute atomic E-state index is 12.0. The maximum Gasteiger partial charge on any atom is 0.341 e. The Hall–Kier alpha value is -1.40. The number of thiophene rings is 1. The highest BCUT2D eigenvalue weighted by Crippen LogP contribution is 2.32. The van der Waals surface area contributed by atoms with E-state index in [9.17, 15) is 9.59 Å². The molecule has 5 nitrogen and oxygen atoms in total. The number of amides is 1. The molecule has 1 atom stereocenters. The summed E-state index contributed by atoms with van der Waals surface area (Å²) in [5.41, 5.74) is 1.36. The minimum absolute atomic E-state index is 0.0953. The molecule has 3 N–H and O–H groups in total. The van der Waals surface area contributed by atoms with Crippen LogP contribution in [-0.2, 0) is 9.53 Å². The van der Waals surface area contributed by atoms with Crippen LogP contribution in [0.5, 0.6) is 0 Å². The van der Waals surface area contributed by atoms with E-state index in [4.69, 9.17) is 4.74 Å². The van der Waals surface area contributed by atoms with E-state index in [1.807, 2.05) is 19.2 Å². The first-order valence-corrected chi connectivity index (χ1v) is 8.12. The number of anilines is 1. The molecule has 0 aliphatic carbocycles. The summed E-state index contributed by atoms with van der Waals surface area (Å²) in [6.45, 7) is 10.4. The molecule has 1 amide bonds. The minimum Gasteiger partial charge on any atom is -0.462 e. The lowest BCUT2D eigenvalue weighted by atomic mass is 10.1. The number of hydrogen-bond acceptors (Lipinski definition) is 4. The first-order chi connectivity index (χ1) is 9.90. The molecule has 0 aliphatic rings. The Morgan fingerprint density at radius 1 is 1.33 bits per heavy atom. The van der Waals surface area contributed by atoms with Gasteiger partial charge in [-0.05, 0) is 39.7 Å². The summed E-state index contributed by atoms with van der Waals surface area (Å²) >= 11 is 1.42. The summed E-state index contributed by atoms with van der Waals surface area (Å²) in [4.78, 5) is 25.0. The fourth-order valence-corrected chi connectivity index (χ4v) is 2.88. The van der Waals surface area contributed by atoms with Gasteiger partial charge in [0, 0.05) is 4.88 Å². The second kappa shape index (κ2) is 8.14. The Morgan fingerprint density at radius 2 is 2.00 bits per heavy atom. The van der Waals surface area contributed by atoms with E-state index in [0.29, 0.717) is 29.8 Å². The quantitative estimate of drug-likeness (QED) is 0.755. The van der Waals surface area contributed by atoms with Crippen LogP contribution in [0, 0.1) is 13.8 Å². The molecule has 0 aliphatic heterocycles. The number of carbonyl (C=O) groups is 2. The van der Waals surface area contributed by atoms with Gasteiger partial charge >= 0.3 is 5.97 Å². The topological polar surface area (TPSA) is 72.0 Å². The van der Waals surface area contributed by atoms with Gasteiger partial charge < -0.3 is 15.4 Å². The van der Waals surface area contributed by atoms with Crippen molar-refractivity contribution < 1.29 is 19.6 Å².